The number of likely N-dealkylation sites (N-methyl/N-ethyl adjacent to an activating group) is 1. The van der Waals surface area contributed by atoms with Crippen molar-refractivity contribution in [2.24, 2.45) is 0 Å². The fraction of sp³-hybridized carbons (Fsp3) is 0.269. The number of hydrogen-bond acceptors (Lipinski definition) is 2. The lowest BCUT2D eigenvalue weighted by Crippen LogP contribution is -2.48. The first-order valence-corrected chi connectivity index (χ1v) is 9.97. The molecular weight excluding hydrogens is 358 g/mol. The van der Waals surface area contributed by atoms with Gasteiger partial charge in [-0.1, -0.05) is 48.3 Å². The van der Waals surface area contributed by atoms with Crippen LogP contribution in [0.5, 0.6) is 0 Å². The van der Waals surface area contributed by atoms with Gasteiger partial charge in [-0.05, 0) is 75.2 Å². The molecule has 0 heterocycles. The Morgan fingerprint density at radius 3 is 2.03 bits per heavy atom. The van der Waals surface area contributed by atoms with Crippen LogP contribution in [-0.4, -0.2) is 28.6 Å². The molecule has 2 aliphatic carbocycles. The molecule has 0 amide bonds. The first kappa shape index (κ1) is 19.2. The van der Waals surface area contributed by atoms with Crippen LogP contribution in [0, 0.1) is 11.8 Å². The van der Waals surface area contributed by atoms with E-state index in [1.54, 1.807) is 24.3 Å². The van der Waals surface area contributed by atoms with E-state index in [-0.39, 0.29) is 16.6 Å². The zero-order chi connectivity index (χ0) is 20.5. The summed E-state index contributed by atoms with van der Waals surface area (Å²) in [7, 11) is 2.24. The molecule has 2 aromatic rings. The summed E-state index contributed by atoms with van der Waals surface area (Å²) in [6, 6.07) is 15.2. The lowest BCUT2D eigenvalue weighted by Gasteiger charge is -2.43. The standard InChI is InChI=1S/C26H25NO2/c1-25(16-4-3-5-17-25)27(2)26(18-19-26)23-14-10-21(11-15-23)7-6-20-8-12-22(13-9-20)24(28)29/h3-5,8-16H,17-19H2,1-2H3,(H,28,29). The molecule has 1 unspecified atom stereocenters. The Balaban J connectivity index is 1.50. The van der Waals surface area contributed by atoms with Crippen molar-refractivity contribution >= 4 is 5.97 Å². The number of rotatable bonds is 4. The molecule has 0 aliphatic heterocycles. The molecule has 1 fully saturated rings. The molecule has 29 heavy (non-hydrogen) atoms. The molecule has 2 aliphatic rings. The molecule has 3 nitrogen and oxygen atoms in total. The predicted molar refractivity (Wildman–Crippen MR) is 116 cm³/mol. The maximum Gasteiger partial charge on any atom is 0.335 e. The fourth-order valence-corrected chi connectivity index (χ4v) is 4.09. The first-order valence-electron chi connectivity index (χ1n) is 9.97. The second-order valence-electron chi connectivity index (χ2n) is 8.15. The van der Waals surface area contributed by atoms with Crippen LogP contribution in [0.15, 0.2) is 72.8 Å². The average molecular weight is 383 g/mol. The van der Waals surface area contributed by atoms with Crippen molar-refractivity contribution in [2.75, 3.05) is 7.05 Å². The number of allylic oxidation sites excluding steroid dienone is 2. The molecule has 0 bridgehead atoms. The van der Waals surface area contributed by atoms with Crippen LogP contribution in [0.2, 0.25) is 0 Å². The highest BCUT2D eigenvalue weighted by atomic mass is 16.4. The van der Waals surface area contributed by atoms with E-state index in [0.29, 0.717) is 0 Å². The van der Waals surface area contributed by atoms with Gasteiger partial charge < -0.3 is 5.11 Å². The van der Waals surface area contributed by atoms with Gasteiger partial charge in [0.05, 0.1) is 5.56 Å². The lowest BCUT2D eigenvalue weighted by molar-refractivity contribution is 0.0697. The Morgan fingerprint density at radius 1 is 0.966 bits per heavy atom. The third-order valence-electron chi connectivity index (χ3n) is 6.27. The number of carbonyl (C=O) groups is 1. The molecular formula is C26H25NO2. The smallest absolute Gasteiger partial charge is 0.335 e. The Hall–Kier alpha value is -3.09. The SMILES string of the molecule is CN(C1(C)C=CC=CC1)C1(c2ccc(C#Cc3ccc(C(=O)O)cc3)cc2)CC1. The highest BCUT2D eigenvalue weighted by molar-refractivity contribution is 5.87. The van der Waals surface area contributed by atoms with Crippen molar-refractivity contribution in [3.8, 4) is 11.8 Å². The van der Waals surface area contributed by atoms with Crippen molar-refractivity contribution < 1.29 is 9.90 Å². The highest BCUT2D eigenvalue weighted by Gasteiger charge is 2.52. The summed E-state index contributed by atoms with van der Waals surface area (Å²) in [5, 5.41) is 8.97. The van der Waals surface area contributed by atoms with Crippen LogP contribution < -0.4 is 0 Å². The zero-order valence-electron chi connectivity index (χ0n) is 16.9. The minimum absolute atomic E-state index is 0.0475. The number of nitrogens with zero attached hydrogens (tertiary/aromatic N) is 1. The van der Waals surface area contributed by atoms with Gasteiger partial charge in [-0.2, -0.15) is 0 Å². The molecule has 1 atom stereocenters. The molecule has 2 aromatic carbocycles. The van der Waals surface area contributed by atoms with Gasteiger partial charge in [0.2, 0.25) is 0 Å². The summed E-state index contributed by atoms with van der Waals surface area (Å²) in [6.07, 6.45) is 12.2. The Kier molecular flexibility index (Phi) is 4.90. The number of benzene rings is 2. The topological polar surface area (TPSA) is 40.5 Å². The molecule has 0 spiro atoms. The Bertz CT molecular complexity index is 1030. The van der Waals surface area contributed by atoms with Crippen LogP contribution >= 0.6 is 0 Å². The molecule has 0 saturated heterocycles. The van der Waals surface area contributed by atoms with Gasteiger partial charge in [0.1, 0.15) is 0 Å². The minimum Gasteiger partial charge on any atom is -0.478 e. The number of carboxylic acid groups (broad SMARTS) is 1. The lowest BCUT2D eigenvalue weighted by atomic mass is 9.88. The van der Waals surface area contributed by atoms with Crippen molar-refractivity contribution in [2.45, 2.75) is 37.3 Å². The number of aromatic carboxylic acids is 1. The predicted octanol–water partition coefficient (Wildman–Crippen LogP) is 4.98. The number of hydrogen-bond donors (Lipinski definition) is 1. The van der Waals surface area contributed by atoms with E-state index in [4.69, 9.17) is 5.11 Å². The van der Waals surface area contributed by atoms with Crippen LogP contribution in [0.25, 0.3) is 0 Å². The molecule has 0 aromatic heterocycles. The first-order chi connectivity index (χ1) is 13.9. The molecule has 3 heteroatoms. The summed E-state index contributed by atoms with van der Waals surface area (Å²) in [5.41, 5.74) is 3.55. The maximum absolute atomic E-state index is 10.9. The normalized spacial score (nSPS) is 21.5. The van der Waals surface area contributed by atoms with Crippen molar-refractivity contribution in [3.05, 3.63) is 95.1 Å². The van der Waals surface area contributed by atoms with Crippen LogP contribution in [-0.2, 0) is 5.54 Å². The monoisotopic (exact) mass is 383 g/mol. The number of carboxylic acids is 1. The minimum atomic E-state index is -0.923. The summed E-state index contributed by atoms with van der Waals surface area (Å²) in [5.74, 6) is 5.37. The highest BCUT2D eigenvalue weighted by Crippen LogP contribution is 2.53. The Morgan fingerprint density at radius 2 is 1.55 bits per heavy atom. The van der Waals surface area contributed by atoms with E-state index in [0.717, 1.165) is 17.5 Å². The molecule has 4 rings (SSSR count). The van der Waals surface area contributed by atoms with E-state index in [9.17, 15) is 4.79 Å². The summed E-state index contributed by atoms with van der Waals surface area (Å²) in [4.78, 5) is 13.5. The van der Waals surface area contributed by atoms with Crippen LogP contribution in [0.1, 0.15) is 53.2 Å². The van der Waals surface area contributed by atoms with Crippen LogP contribution in [0.3, 0.4) is 0 Å². The van der Waals surface area contributed by atoms with Crippen molar-refractivity contribution in [1.29, 1.82) is 0 Å². The van der Waals surface area contributed by atoms with Gasteiger partial charge in [0.25, 0.3) is 0 Å². The van der Waals surface area contributed by atoms with Gasteiger partial charge in [-0.15, -0.1) is 0 Å². The van der Waals surface area contributed by atoms with E-state index in [1.165, 1.54) is 18.4 Å². The van der Waals surface area contributed by atoms with Gasteiger partial charge in [-0.3, -0.25) is 4.90 Å². The van der Waals surface area contributed by atoms with E-state index >= 15 is 0 Å². The third-order valence-corrected chi connectivity index (χ3v) is 6.27. The van der Waals surface area contributed by atoms with Gasteiger partial charge in [0, 0.05) is 22.2 Å². The van der Waals surface area contributed by atoms with Crippen molar-refractivity contribution in [3.63, 3.8) is 0 Å². The van der Waals surface area contributed by atoms with Crippen LogP contribution in [0.4, 0.5) is 0 Å². The van der Waals surface area contributed by atoms with E-state index in [1.807, 2.05) is 0 Å². The average Bonchev–Trinajstić information content (AvgIpc) is 3.55. The molecule has 1 saturated carbocycles. The third kappa shape index (κ3) is 3.77. The van der Waals surface area contributed by atoms with E-state index in [2.05, 4.69) is 79.3 Å². The van der Waals surface area contributed by atoms with Gasteiger partial charge >= 0.3 is 5.97 Å². The quantitative estimate of drug-likeness (QED) is 0.757. The zero-order valence-corrected chi connectivity index (χ0v) is 16.9. The maximum atomic E-state index is 10.9. The van der Waals surface area contributed by atoms with E-state index < -0.39 is 5.97 Å². The fourth-order valence-electron chi connectivity index (χ4n) is 4.09. The Labute approximate surface area is 172 Å². The summed E-state index contributed by atoms with van der Waals surface area (Å²) in [6.45, 7) is 2.31. The second kappa shape index (κ2) is 7.39. The second-order valence-corrected chi connectivity index (χ2v) is 8.15. The van der Waals surface area contributed by atoms with Gasteiger partial charge in [-0.25, -0.2) is 4.79 Å². The van der Waals surface area contributed by atoms with Gasteiger partial charge in [0.15, 0.2) is 0 Å². The van der Waals surface area contributed by atoms with Crippen molar-refractivity contribution in [1.82, 2.24) is 4.90 Å². The molecule has 1 N–H and O–H groups in total. The summed E-state index contributed by atoms with van der Waals surface area (Å²) >= 11 is 0. The largest absolute Gasteiger partial charge is 0.478 e. The molecule has 146 valence electrons. The summed E-state index contributed by atoms with van der Waals surface area (Å²) < 4.78 is 0. The molecule has 0 radical (unpaired) electrons.